The van der Waals surface area contributed by atoms with Crippen LogP contribution in [0.3, 0.4) is 0 Å². The number of aromatic nitrogens is 2. The molecule has 0 radical (unpaired) electrons. The molecule has 7 heteroatoms. The molecule has 0 bridgehead atoms. The summed E-state index contributed by atoms with van der Waals surface area (Å²) < 4.78 is 10.9. The Morgan fingerprint density at radius 1 is 1.22 bits per heavy atom. The molecule has 2 heterocycles. The molecular weight excluding hydrogens is 344 g/mol. The van der Waals surface area contributed by atoms with Crippen LogP contribution in [-0.4, -0.2) is 39.7 Å². The molecule has 1 aliphatic rings. The normalized spacial score (nSPS) is 14.0. The first-order valence-corrected chi connectivity index (χ1v) is 8.52. The van der Waals surface area contributed by atoms with Crippen molar-refractivity contribution < 1.29 is 14.3 Å². The van der Waals surface area contributed by atoms with E-state index in [1.807, 2.05) is 26.8 Å². The number of carbonyl (C=O) groups excluding carboxylic acids is 1. The zero-order chi connectivity index (χ0) is 19.4. The van der Waals surface area contributed by atoms with Crippen molar-refractivity contribution in [2.45, 2.75) is 26.4 Å². The van der Waals surface area contributed by atoms with Gasteiger partial charge in [0.2, 0.25) is 0 Å². The van der Waals surface area contributed by atoms with Crippen LogP contribution in [0.15, 0.2) is 42.9 Å². The van der Waals surface area contributed by atoms with Crippen LogP contribution in [0.1, 0.15) is 31.9 Å². The average molecular weight is 364 g/mol. The molecule has 1 aromatic heterocycles. The molecule has 1 aliphatic heterocycles. The van der Waals surface area contributed by atoms with Crippen LogP contribution in [0.4, 0.5) is 4.79 Å². The Balaban J connectivity index is 2.02. The van der Waals surface area contributed by atoms with Crippen molar-refractivity contribution in [2.75, 3.05) is 13.2 Å². The van der Waals surface area contributed by atoms with Gasteiger partial charge in [-0.3, -0.25) is 4.90 Å². The second-order valence-corrected chi connectivity index (χ2v) is 6.99. The van der Waals surface area contributed by atoms with Crippen molar-refractivity contribution in [3.05, 3.63) is 54.0 Å². The third-order valence-corrected chi connectivity index (χ3v) is 3.71. The van der Waals surface area contributed by atoms with Gasteiger partial charge in [-0.25, -0.2) is 14.8 Å². The lowest BCUT2D eigenvalue weighted by molar-refractivity contribution is 0.0296. The molecule has 1 amide bonds. The summed E-state index contributed by atoms with van der Waals surface area (Å²) in [4.78, 5) is 22.6. The second kappa shape index (κ2) is 7.46. The van der Waals surface area contributed by atoms with Gasteiger partial charge >= 0.3 is 6.09 Å². The van der Waals surface area contributed by atoms with E-state index in [-0.39, 0.29) is 0 Å². The number of carbonyl (C=O) groups is 1. The van der Waals surface area contributed by atoms with Crippen molar-refractivity contribution in [1.29, 1.82) is 5.26 Å². The van der Waals surface area contributed by atoms with E-state index < -0.39 is 11.7 Å². The van der Waals surface area contributed by atoms with E-state index in [0.29, 0.717) is 41.4 Å². The molecule has 7 nitrogen and oxygen atoms in total. The van der Waals surface area contributed by atoms with Crippen molar-refractivity contribution in [3.8, 4) is 17.5 Å². The van der Waals surface area contributed by atoms with Crippen LogP contribution in [0.25, 0.3) is 17.1 Å². The first kappa shape index (κ1) is 18.4. The summed E-state index contributed by atoms with van der Waals surface area (Å²) in [7, 11) is 0. The molecule has 0 spiro atoms. The fourth-order valence-corrected chi connectivity index (χ4v) is 2.61. The molecule has 0 saturated carbocycles. The predicted octanol–water partition coefficient (Wildman–Crippen LogP) is 3.58. The monoisotopic (exact) mass is 364 g/mol. The summed E-state index contributed by atoms with van der Waals surface area (Å²) in [6.45, 7) is 6.17. The average Bonchev–Trinajstić information content (AvgIpc) is 2.67. The van der Waals surface area contributed by atoms with Gasteiger partial charge in [-0.2, -0.15) is 5.26 Å². The van der Waals surface area contributed by atoms with Crippen LogP contribution in [0.5, 0.6) is 0 Å². The van der Waals surface area contributed by atoms with Crippen molar-refractivity contribution in [1.82, 2.24) is 14.9 Å². The van der Waals surface area contributed by atoms with Gasteiger partial charge in [0.1, 0.15) is 18.5 Å². The highest BCUT2D eigenvalue weighted by Gasteiger charge is 2.28. The number of rotatable bonds is 2. The van der Waals surface area contributed by atoms with E-state index >= 15 is 0 Å². The predicted molar refractivity (Wildman–Crippen MR) is 99.1 cm³/mol. The van der Waals surface area contributed by atoms with E-state index in [0.717, 1.165) is 0 Å². The lowest BCUT2D eigenvalue weighted by atomic mass is 10.0. The van der Waals surface area contributed by atoms with Crippen LogP contribution < -0.4 is 0 Å². The molecule has 1 aromatic carbocycles. The number of nitrogens with zero attached hydrogens (tertiary/aromatic N) is 4. The highest BCUT2D eigenvalue weighted by molar-refractivity contribution is 5.83. The van der Waals surface area contributed by atoms with E-state index in [2.05, 4.69) is 16.0 Å². The number of nitriles is 1. The van der Waals surface area contributed by atoms with Crippen molar-refractivity contribution >= 4 is 11.8 Å². The third-order valence-electron chi connectivity index (χ3n) is 3.71. The minimum atomic E-state index is -0.613. The maximum Gasteiger partial charge on any atom is 0.415 e. The van der Waals surface area contributed by atoms with Gasteiger partial charge in [0.15, 0.2) is 5.82 Å². The summed E-state index contributed by atoms with van der Waals surface area (Å²) in [5.74, 6) is 0.497. The van der Waals surface area contributed by atoms with E-state index in [1.54, 1.807) is 30.6 Å². The molecule has 0 atom stereocenters. The quantitative estimate of drug-likeness (QED) is 0.809. The van der Waals surface area contributed by atoms with Crippen molar-refractivity contribution in [3.63, 3.8) is 0 Å². The van der Waals surface area contributed by atoms with E-state index in [1.165, 1.54) is 11.2 Å². The van der Waals surface area contributed by atoms with Crippen LogP contribution >= 0.6 is 0 Å². The molecule has 0 fully saturated rings. The van der Waals surface area contributed by atoms with Gasteiger partial charge in [0, 0.05) is 23.5 Å². The zero-order valence-corrected chi connectivity index (χ0v) is 15.5. The third kappa shape index (κ3) is 4.42. The Morgan fingerprint density at radius 2 is 1.93 bits per heavy atom. The minimum Gasteiger partial charge on any atom is -0.497 e. The van der Waals surface area contributed by atoms with Gasteiger partial charge in [-0.1, -0.05) is 0 Å². The maximum atomic E-state index is 12.6. The molecule has 0 aliphatic carbocycles. The first-order valence-electron chi connectivity index (χ1n) is 8.52. The molecule has 138 valence electrons. The maximum absolute atomic E-state index is 12.6. The summed E-state index contributed by atoms with van der Waals surface area (Å²) >= 11 is 0. The standard InChI is InChI=1S/C20H20N4O3/c1-20(2,3)27-19(25)24-7-8-26-13-17(24)15-9-14(12-21)10-16(11-15)18-22-5-4-6-23-18/h4-6,9-11,13H,7-8H2,1-3H3. The number of amides is 1. The van der Waals surface area contributed by atoms with Gasteiger partial charge in [-0.15, -0.1) is 0 Å². The minimum absolute atomic E-state index is 0.356. The molecule has 0 N–H and O–H groups in total. The van der Waals surface area contributed by atoms with Crippen LogP contribution in [0, 0.1) is 11.3 Å². The molecule has 27 heavy (non-hydrogen) atoms. The number of ether oxygens (including phenoxy) is 2. The summed E-state index contributed by atoms with van der Waals surface area (Å²) in [6, 6.07) is 9.10. The molecular formula is C20H20N4O3. The number of benzene rings is 1. The lowest BCUT2D eigenvalue weighted by Gasteiger charge is -2.31. The molecule has 0 unspecified atom stereocenters. The Morgan fingerprint density at radius 3 is 2.59 bits per heavy atom. The number of hydrogen-bond acceptors (Lipinski definition) is 6. The Bertz CT molecular complexity index is 911. The van der Waals surface area contributed by atoms with E-state index in [9.17, 15) is 10.1 Å². The molecule has 3 rings (SSSR count). The fraction of sp³-hybridized carbons (Fsp3) is 0.300. The van der Waals surface area contributed by atoms with Gasteiger partial charge in [0.05, 0.1) is 23.9 Å². The van der Waals surface area contributed by atoms with Crippen molar-refractivity contribution in [2.24, 2.45) is 0 Å². The molecule has 0 saturated heterocycles. The van der Waals surface area contributed by atoms with E-state index in [4.69, 9.17) is 9.47 Å². The highest BCUT2D eigenvalue weighted by atomic mass is 16.6. The topological polar surface area (TPSA) is 88.3 Å². The highest BCUT2D eigenvalue weighted by Crippen LogP contribution is 2.28. The second-order valence-electron chi connectivity index (χ2n) is 6.99. The summed E-state index contributed by atoms with van der Waals surface area (Å²) in [6.07, 6.45) is 4.32. The van der Waals surface area contributed by atoms with Crippen LogP contribution in [-0.2, 0) is 9.47 Å². The molecule has 2 aromatic rings. The lowest BCUT2D eigenvalue weighted by Crippen LogP contribution is -2.39. The SMILES string of the molecule is CC(C)(C)OC(=O)N1CCOC=C1c1cc(C#N)cc(-c2ncccn2)c1. The Labute approximate surface area is 157 Å². The number of hydrogen-bond donors (Lipinski definition) is 0. The van der Waals surface area contributed by atoms with Crippen LogP contribution in [0.2, 0.25) is 0 Å². The zero-order valence-electron chi connectivity index (χ0n) is 15.5. The summed E-state index contributed by atoms with van der Waals surface area (Å²) in [5, 5.41) is 9.41. The smallest absolute Gasteiger partial charge is 0.415 e. The summed E-state index contributed by atoms with van der Waals surface area (Å²) in [5.41, 5.74) is 1.69. The first-order chi connectivity index (χ1) is 12.9. The van der Waals surface area contributed by atoms with Gasteiger partial charge in [0.25, 0.3) is 0 Å². The van der Waals surface area contributed by atoms with Gasteiger partial charge < -0.3 is 9.47 Å². The largest absolute Gasteiger partial charge is 0.497 e. The van der Waals surface area contributed by atoms with Gasteiger partial charge in [-0.05, 0) is 45.0 Å². The Hall–Kier alpha value is -3.40. The Kier molecular flexibility index (Phi) is 5.08. The fourth-order valence-electron chi connectivity index (χ4n) is 2.61.